The van der Waals surface area contributed by atoms with E-state index in [1.165, 1.54) is 29.3 Å². The van der Waals surface area contributed by atoms with Gasteiger partial charge in [0, 0.05) is 170 Å². The van der Waals surface area contributed by atoms with Crippen LogP contribution in [0.1, 0.15) is 143 Å². The van der Waals surface area contributed by atoms with Crippen LogP contribution in [-0.4, -0.2) is 210 Å². The van der Waals surface area contributed by atoms with Crippen molar-refractivity contribution in [3.63, 3.8) is 0 Å². The molecule has 28 nitrogen and oxygen atoms in total. The number of ether oxygens (including phenoxy) is 9. The normalized spacial score (nSPS) is 15.2. The summed E-state index contributed by atoms with van der Waals surface area (Å²) in [5, 5.41) is 15.9. The summed E-state index contributed by atoms with van der Waals surface area (Å²) in [6.07, 6.45) is 11.1. The number of aromatic nitrogens is 10. The third-order valence-corrected chi connectivity index (χ3v) is 27.6. The van der Waals surface area contributed by atoms with E-state index in [0.717, 1.165) is 188 Å². The number of alkyl halides is 2. The number of benzene rings is 10. The molecule has 766 valence electrons. The van der Waals surface area contributed by atoms with Crippen molar-refractivity contribution in [1.29, 1.82) is 0 Å². The van der Waals surface area contributed by atoms with Gasteiger partial charge < -0.3 is 67.5 Å². The van der Waals surface area contributed by atoms with Crippen molar-refractivity contribution >= 4 is 149 Å². The Kier molecular flexibility index (Phi) is 35.8. The van der Waals surface area contributed by atoms with Crippen molar-refractivity contribution in [3.05, 3.63) is 348 Å². The van der Waals surface area contributed by atoms with Crippen LogP contribution in [0, 0.1) is 5.41 Å². The zero-order valence-corrected chi connectivity index (χ0v) is 87.5. The number of rotatable bonds is 32. The fourth-order valence-electron chi connectivity index (χ4n) is 18.9. The number of aryl methyl sites for hydroxylation is 2. The Balaban J connectivity index is 0.000000134. The van der Waals surface area contributed by atoms with Gasteiger partial charge in [0.2, 0.25) is 0 Å². The smallest absolute Gasteiger partial charge is 0.416 e. The summed E-state index contributed by atoms with van der Waals surface area (Å²) in [5.74, 6) is 4.38. The molecule has 4 aliphatic rings. The highest BCUT2D eigenvalue weighted by Gasteiger charge is 2.41. The minimum atomic E-state index is -0.424. The van der Waals surface area contributed by atoms with E-state index < -0.39 is 6.09 Å². The topological polar surface area (TPSA) is 292 Å². The first-order chi connectivity index (χ1) is 71.5. The van der Waals surface area contributed by atoms with Gasteiger partial charge in [-0.15, -0.1) is 23.2 Å². The zero-order valence-electron chi connectivity index (χ0n) is 82.2. The highest BCUT2D eigenvalue weighted by molar-refractivity contribution is 6.33. The Morgan fingerprint density at radius 1 is 0.381 bits per heavy atom. The summed E-state index contributed by atoms with van der Waals surface area (Å²) < 4.78 is 54.9. The number of likely N-dealkylation sites (N-methyl/N-ethyl adjacent to an activating group) is 1. The summed E-state index contributed by atoms with van der Waals surface area (Å²) in [6, 6.07) is 70.2. The molecule has 10 heterocycles. The maximum absolute atomic E-state index is 13.5. The van der Waals surface area contributed by atoms with Crippen LogP contribution in [0.4, 0.5) is 19.2 Å². The minimum absolute atomic E-state index is 0.105. The van der Waals surface area contributed by atoms with E-state index in [1.54, 1.807) is 68.1 Å². The standard InChI is InChI=1S/C31H33Cl2N3O4.C30H28ClN5O3.C26H30Cl2N2O3.C25H25Cl2N5O3/c1-35(17-19-38-2)15-3-18-39-24-9-4-21(5-10-24)30-29-26(27-20-23(33)8-13-28(27)34-29)14-16-36(30)31(37)40-25-11-6-22(32)7-12-25;31-23-9-12-27-26(17-23)25-13-15-36(30(37)39-18-21-5-2-1-3-6-21)29(28(25)34-27)22-7-10-24(11-8-22)38-16-4-14-35-20-32-19-33-35;1-26(2,3)16-33-25(31)30-13-11-20-21-15-18(28)7-10-22(21)29-23(20)24(30)17-5-8-19(9-6-17)32-14-4-12-27;26-9-13-35-25(33)32-11-8-20-21-14-18(27)4-7-22(21)30-23(20)24(32)17-2-5-19(6-3-17)34-12-1-10-31-16-28-15-29-31/h4-13,20,30,34H,3,14-19H2,1-2H3;1-3,5-12,17,19-20,29,34H,4,13-16,18H2;5-10,15,24,29H,4,11-14,16H2,1-3H3;2-7,14-16,24,30H,1,8-13H2. The number of carbonyl (C=O) groups is 4. The molecule has 16 aromatic rings. The molecule has 4 atom stereocenters. The Morgan fingerprint density at radius 3 is 1.08 bits per heavy atom. The van der Waals surface area contributed by atoms with Crippen LogP contribution in [0.2, 0.25) is 25.1 Å². The van der Waals surface area contributed by atoms with Crippen molar-refractivity contribution < 1.29 is 61.8 Å². The van der Waals surface area contributed by atoms with Crippen LogP contribution < -0.4 is 23.7 Å². The highest BCUT2D eigenvalue weighted by Crippen LogP contribution is 2.46. The predicted molar refractivity (Wildman–Crippen MR) is 576 cm³/mol. The fourth-order valence-corrected chi connectivity index (χ4v) is 19.9. The molecule has 4 unspecified atom stereocenters. The lowest BCUT2D eigenvalue weighted by atomic mass is 9.92. The maximum atomic E-state index is 13.5. The second-order valence-corrected chi connectivity index (χ2v) is 40.3. The molecular weight excluding hydrogens is 2010 g/mol. The third kappa shape index (κ3) is 26.7. The number of hydrogen-bond acceptors (Lipinski definition) is 18. The molecule has 0 spiro atoms. The van der Waals surface area contributed by atoms with Gasteiger partial charge >= 0.3 is 24.4 Å². The molecule has 0 fully saturated rings. The second-order valence-electron chi connectivity index (χ2n) is 37.4. The van der Waals surface area contributed by atoms with E-state index >= 15 is 0 Å². The fraction of sp³-hybridized carbons (Fsp3) is 0.321. The van der Waals surface area contributed by atoms with Crippen molar-refractivity contribution in [2.45, 2.75) is 116 Å². The van der Waals surface area contributed by atoms with Gasteiger partial charge in [-0.05, 0) is 247 Å². The Morgan fingerprint density at radius 2 is 0.728 bits per heavy atom. The van der Waals surface area contributed by atoms with E-state index in [-0.39, 0.29) is 67.0 Å². The van der Waals surface area contributed by atoms with Crippen molar-refractivity contribution in [2.75, 3.05) is 111 Å². The number of fused-ring (bicyclic) bond motifs is 12. The average Bonchev–Trinajstić information content (AvgIpc) is 1.62. The van der Waals surface area contributed by atoms with E-state index in [1.807, 2.05) is 205 Å². The summed E-state index contributed by atoms with van der Waals surface area (Å²) in [6.45, 7) is 15.4. The monoisotopic (exact) mass is 2120 g/mol. The molecule has 0 saturated heterocycles. The van der Waals surface area contributed by atoms with Crippen molar-refractivity contribution in [1.82, 2.24) is 74.0 Å². The Bertz CT molecular complexity index is 7080. The minimum Gasteiger partial charge on any atom is -0.494 e. The third-order valence-electron chi connectivity index (χ3n) is 25.9. The van der Waals surface area contributed by atoms with Gasteiger partial charge in [-0.2, -0.15) is 10.2 Å². The molecule has 147 heavy (non-hydrogen) atoms. The lowest BCUT2D eigenvalue weighted by Gasteiger charge is -2.36. The number of halogens is 7. The molecule has 4 N–H and O–H groups in total. The van der Waals surface area contributed by atoms with Crippen molar-refractivity contribution in [3.8, 4) is 28.7 Å². The van der Waals surface area contributed by atoms with Gasteiger partial charge in [-0.1, -0.05) is 158 Å². The largest absolute Gasteiger partial charge is 0.494 e. The van der Waals surface area contributed by atoms with E-state index in [9.17, 15) is 19.2 Å². The number of nitrogens with zero attached hydrogens (tertiary/aromatic N) is 11. The average molecular weight is 2130 g/mol. The first-order valence-corrected chi connectivity index (χ1v) is 52.1. The molecule has 0 saturated carbocycles. The second kappa shape index (κ2) is 50.0. The van der Waals surface area contributed by atoms with Crippen LogP contribution in [0.15, 0.2) is 250 Å². The molecule has 0 aliphatic carbocycles. The van der Waals surface area contributed by atoms with Crippen LogP contribution in [-0.2, 0) is 64.3 Å². The number of nitrogens with one attached hydrogen (secondary N) is 4. The van der Waals surface area contributed by atoms with E-state index in [2.05, 4.69) is 72.8 Å². The van der Waals surface area contributed by atoms with Gasteiger partial charge in [-0.25, -0.2) is 29.1 Å². The lowest BCUT2D eigenvalue weighted by molar-refractivity contribution is 0.0621. The lowest BCUT2D eigenvalue weighted by Crippen LogP contribution is -2.42. The van der Waals surface area contributed by atoms with Gasteiger partial charge in [0.15, 0.2) is 0 Å². The molecular formula is C112H116Cl7N15O13. The van der Waals surface area contributed by atoms with Crippen LogP contribution >= 0.6 is 81.2 Å². The predicted octanol–water partition coefficient (Wildman–Crippen LogP) is 25.3. The maximum Gasteiger partial charge on any atom is 0.416 e. The SMILES string of the molecule is CC(C)(C)COC(=O)N1CCc2c([nH]c3ccc(Cl)cc23)C1c1ccc(OCCCCl)cc1.COCCN(C)CCCOc1ccc(C2c3[nH]c4ccc(Cl)cc4c3CCN2C(=O)Oc2ccc(Cl)cc2)cc1.O=C(OCCCl)N1CCc2c([nH]c3ccc(Cl)cc23)C1c1ccc(OCCCn2cncn2)cc1.O=C(OCc1ccccc1)N1CCc2c([nH]c3ccc(Cl)cc23)C1c1ccc(OCCCn2cncn2)cc1. The quantitative estimate of drug-likeness (QED) is 0.0173. The Hall–Kier alpha value is -13.1. The van der Waals surface area contributed by atoms with Gasteiger partial charge in [0.05, 0.1) is 45.5 Å². The van der Waals surface area contributed by atoms with Crippen molar-refractivity contribution in [2.24, 2.45) is 5.41 Å². The van der Waals surface area contributed by atoms with Gasteiger partial charge in [0.25, 0.3) is 0 Å². The summed E-state index contributed by atoms with van der Waals surface area (Å²) in [7, 11) is 3.79. The number of methoxy groups -OCH3 is 1. The van der Waals surface area contributed by atoms with Gasteiger partial charge in [-0.3, -0.25) is 29.0 Å². The number of aromatic amines is 4. The number of carbonyl (C=O) groups excluding carboxylic acids is 4. The molecule has 4 amide bonds. The summed E-state index contributed by atoms with van der Waals surface area (Å²) >= 11 is 42.7. The molecule has 0 bridgehead atoms. The first kappa shape index (κ1) is 105. The van der Waals surface area contributed by atoms with E-state index in [4.69, 9.17) is 124 Å². The summed E-state index contributed by atoms with van der Waals surface area (Å²) in [4.78, 5) is 84.4. The number of H-pyrrole nitrogens is 4. The zero-order chi connectivity index (χ0) is 102. The first-order valence-electron chi connectivity index (χ1n) is 49.1. The molecule has 10 aromatic carbocycles. The molecule has 4 aliphatic heterocycles. The van der Waals surface area contributed by atoms with E-state index in [0.29, 0.717) is 115 Å². The number of amides is 4. The molecule has 35 heteroatoms. The molecule has 0 radical (unpaired) electrons. The molecule has 6 aromatic heterocycles. The van der Waals surface area contributed by atoms with Crippen LogP contribution in [0.25, 0.3) is 43.6 Å². The Labute approximate surface area is 887 Å². The molecule has 20 rings (SSSR count). The highest BCUT2D eigenvalue weighted by atomic mass is 35.5. The number of hydrogen-bond donors (Lipinski definition) is 4. The van der Waals surface area contributed by atoms with Crippen LogP contribution in [0.3, 0.4) is 0 Å². The summed E-state index contributed by atoms with van der Waals surface area (Å²) in [5.41, 5.74) is 17.3. The van der Waals surface area contributed by atoms with Crippen LogP contribution in [0.5, 0.6) is 28.7 Å². The van der Waals surface area contributed by atoms with Gasteiger partial charge in [0.1, 0.15) is 91.4 Å².